The molecule has 0 saturated carbocycles. The minimum absolute atomic E-state index is 0.0393. The quantitative estimate of drug-likeness (QED) is 0.546. The molecule has 130 valence electrons. The van der Waals surface area contributed by atoms with Crippen molar-refractivity contribution in [3.8, 4) is 16.4 Å². The molecule has 0 unspecified atom stereocenters. The number of aromatic amines is 1. The molecule has 0 aliphatic carbocycles. The van der Waals surface area contributed by atoms with Crippen LogP contribution in [0.2, 0.25) is 0 Å². The van der Waals surface area contributed by atoms with E-state index in [-0.39, 0.29) is 18.0 Å². The van der Waals surface area contributed by atoms with Crippen molar-refractivity contribution in [1.29, 1.82) is 0 Å². The number of carbonyl (C=O) groups is 1. The molecule has 7 nitrogen and oxygen atoms in total. The van der Waals surface area contributed by atoms with Gasteiger partial charge in [0.15, 0.2) is 18.3 Å². The largest absolute Gasteiger partial charge is 0.454 e. The maximum absolute atomic E-state index is 13.3. The second kappa shape index (κ2) is 6.89. The first-order valence-corrected chi connectivity index (χ1v) is 8.50. The van der Waals surface area contributed by atoms with E-state index in [2.05, 4.69) is 20.3 Å². The third-order valence-corrected chi connectivity index (χ3v) is 4.37. The number of hydrogen-bond donors (Lipinski definition) is 1. The molecule has 1 aromatic carbocycles. The molecule has 0 radical (unpaired) electrons. The zero-order valence-electron chi connectivity index (χ0n) is 13.3. The van der Waals surface area contributed by atoms with Crippen molar-refractivity contribution in [2.24, 2.45) is 0 Å². The molecule has 0 spiro atoms. The van der Waals surface area contributed by atoms with Crippen LogP contribution in [0.5, 0.6) is 0 Å². The first-order chi connectivity index (χ1) is 12.7. The summed E-state index contributed by atoms with van der Waals surface area (Å²) in [6, 6.07) is 9.73. The van der Waals surface area contributed by atoms with Crippen LogP contribution in [0.3, 0.4) is 0 Å². The molecule has 3 heterocycles. The van der Waals surface area contributed by atoms with Gasteiger partial charge in [-0.3, -0.25) is 5.10 Å². The van der Waals surface area contributed by atoms with Gasteiger partial charge in [-0.05, 0) is 29.6 Å². The van der Waals surface area contributed by atoms with Gasteiger partial charge >= 0.3 is 5.97 Å². The van der Waals surface area contributed by atoms with E-state index >= 15 is 0 Å². The van der Waals surface area contributed by atoms with Gasteiger partial charge in [0.2, 0.25) is 0 Å². The summed E-state index contributed by atoms with van der Waals surface area (Å²) >= 11 is 1.52. The topological polar surface area (TPSA) is 85.7 Å². The van der Waals surface area contributed by atoms with Crippen molar-refractivity contribution < 1.29 is 13.9 Å². The lowest BCUT2D eigenvalue weighted by Crippen LogP contribution is -2.05. The highest BCUT2D eigenvalue weighted by molar-refractivity contribution is 7.13. The molecule has 0 atom stereocenters. The average Bonchev–Trinajstić information content (AvgIpc) is 3.40. The number of hydrogen-bond acceptors (Lipinski definition) is 6. The van der Waals surface area contributed by atoms with E-state index < -0.39 is 5.97 Å². The molecule has 4 aromatic rings. The van der Waals surface area contributed by atoms with E-state index in [1.165, 1.54) is 40.5 Å². The van der Waals surface area contributed by atoms with Crippen molar-refractivity contribution in [3.05, 3.63) is 71.4 Å². The van der Waals surface area contributed by atoms with Crippen LogP contribution in [-0.4, -0.2) is 30.9 Å². The van der Waals surface area contributed by atoms with Crippen LogP contribution < -0.4 is 0 Å². The third-order valence-electron chi connectivity index (χ3n) is 3.50. The Morgan fingerprint density at radius 1 is 1.31 bits per heavy atom. The minimum Gasteiger partial charge on any atom is -0.454 e. The molecular weight excluding hydrogens is 357 g/mol. The summed E-state index contributed by atoms with van der Waals surface area (Å²) in [4.78, 5) is 17.4. The number of rotatable bonds is 5. The number of nitrogens with one attached hydrogen (secondary N) is 1. The van der Waals surface area contributed by atoms with E-state index in [1.54, 1.807) is 12.1 Å². The summed E-state index contributed by atoms with van der Waals surface area (Å²) in [7, 11) is 0. The van der Waals surface area contributed by atoms with Gasteiger partial charge in [-0.1, -0.05) is 12.1 Å². The maximum Gasteiger partial charge on any atom is 0.341 e. The van der Waals surface area contributed by atoms with Crippen molar-refractivity contribution >= 4 is 17.3 Å². The summed E-state index contributed by atoms with van der Waals surface area (Å²) in [6.07, 6.45) is 2.85. The Morgan fingerprint density at radius 2 is 2.23 bits per heavy atom. The first kappa shape index (κ1) is 16.2. The van der Waals surface area contributed by atoms with Crippen LogP contribution in [0.4, 0.5) is 4.39 Å². The molecule has 0 amide bonds. The number of esters is 1. The van der Waals surface area contributed by atoms with Crippen molar-refractivity contribution in [2.45, 2.75) is 6.61 Å². The van der Waals surface area contributed by atoms with E-state index in [4.69, 9.17) is 4.74 Å². The van der Waals surface area contributed by atoms with Gasteiger partial charge in [-0.2, -0.15) is 10.2 Å². The summed E-state index contributed by atoms with van der Waals surface area (Å²) in [5, 5.41) is 12.8. The van der Waals surface area contributed by atoms with Gasteiger partial charge in [-0.25, -0.2) is 18.9 Å². The van der Waals surface area contributed by atoms with Crippen molar-refractivity contribution in [2.75, 3.05) is 0 Å². The molecule has 3 aromatic heterocycles. The number of ether oxygens (including phenoxy) is 1. The van der Waals surface area contributed by atoms with E-state index in [0.717, 1.165) is 4.88 Å². The number of aromatic nitrogens is 5. The molecule has 0 aliphatic heterocycles. The van der Waals surface area contributed by atoms with Crippen LogP contribution in [-0.2, 0) is 11.3 Å². The van der Waals surface area contributed by atoms with Crippen LogP contribution in [0.25, 0.3) is 16.4 Å². The third kappa shape index (κ3) is 3.38. The van der Waals surface area contributed by atoms with Gasteiger partial charge in [0.1, 0.15) is 5.82 Å². The zero-order valence-corrected chi connectivity index (χ0v) is 14.1. The van der Waals surface area contributed by atoms with Crippen molar-refractivity contribution in [3.63, 3.8) is 0 Å². The number of halogens is 1. The summed E-state index contributed by atoms with van der Waals surface area (Å²) in [6.45, 7) is -0.0393. The van der Waals surface area contributed by atoms with E-state index in [9.17, 15) is 9.18 Å². The Hall–Kier alpha value is -3.33. The Morgan fingerprint density at radius 3 is 3.04 bits per heavy atom. The maximum atomic E-state index is 13.3. The van der Waals surface area contributed by atoms with Crippen LogP contribution >= 0.6 is 11.3 Å². The second-order valence-electron chi connectivity index (χ2n) is 5.31. The second-order valence-corrected chi connectivity index (χ2v) is 6.26. The predicted octanol–water partition coefficient (Wildman–Crippen LogP) is 3.22. The van der Waals surface area contributed by atoms with Gasteiger partial charge in [0.05, 0.1) is 22.3 Å². The molecular formula is C17H12FN5O2S. The Balaban J connectivity index is 1.41. The average molecular weight is 369 g/mol. The van der Waals surface area contributed by atoms with Crippen molar-refractivity contribution in [1.82, 2.24) is 25.0 Å². The fourth-order valence-electron chi connectivity index (χ4n) is 2.28. The Kier molecular flexibility index (Phi) is 4.28. The van der Waals surface area contributed by atoms with Gasteiger partial charge in [0, 0.05) is 6.20 Å². The summed E-state index contributed by atoms with van der Waals surface area (Å²) in [5.74, 6) is 0.0694. The monoisotopic (exact) mass is 369 g/mol. The lowest BCUT2D eigenvalue weighted by Gasteiger charge is -2.01. The molecule has 9 heteroatoms. The van der Waals surface area contributed by atoms with E-state index in [0.29, 0.717) is 17.3 Å². The SMILES string of the molecule is O=C(OCc1nc(-c2cccs2)n[nH]1)c1cnn(-c2cccc(F)c2)c1. The standard InChI is InChI=1S/C17H12FN5O2S/c18-12-3-1-4-13(7-12)23-9-11(8-19-23)17(24)25-10-15-20-16(22-21-15)14-5-2-6-26-14/h1-9H,10H2,(H,20,21,22). The highest BCUT2D eigenvalue weighted by Gasteiger charge is 2.13. The summed E-state index contributed by atoms with van der Waals surface area (Å²) < 4.78 is 19.9. The molecule has 1 N–H and O–H groups in total. The van der Waals surface area contributed by atoms with Crippen LogP contribution in [0.1, 0.15) is 16.2 Å². The number of thiophene rings is 1. The fraction of sp³-hybridized carbons (Fsp3) is 0.0588. The first-order valence-electron chi connectivity index (χ1n) is 7.62. The molecule has 0 saturated heterocycles. The number of nitrogens with zero attached hydrogens (tertiary/aromatic N) is 4. The van der Waals surface area contributed by atoms with E-state index in [1.807, 2.05) is 17.5 Å². The van der Waals surface area contributed by atoms with Crippen LogP contribution in [0, 0.1) is 5.82 Å². The van der Waals surface area contributed by atoms with Gasteiger partial charge in [0.25, 0.3) is 0 Å². The zero-order chi connectivity index (χ0) is 17.9. The molecule has 0 bridgehead atoms. The smallest absolute Gasteiger partial charge is 0.341 e. The molecule has 0 aliphatic rings. The van der Waals surface area contributed by atoms with Crippen LogP contribution in [0.15, 0.2) is 54.2 Å². The molecule has 26 heavy (non-hydrogen) atoms. The molecule has 4 rings (SSSR count). The number of benzene rings is 1. The Bertz CT molecular complexity index is 1040. The predicted molar refractivity (Wildman–Crippen MR) is 92.3 cm³/mol. The number of carbonyl (C=O) groups excluding carboxylic acids is 1. The highest BCUT2D eigenvalue weighted by Crippen LogP contribution is 2.20. The highest BCUT2D eigenvalue weighted by atomic mass is 32.1. The Labute approximate surface area is 151 Å². The lowest BCUT2D eigenvalue weighted by atomic mass is 10.3. The summed E-state index contributed by atoms with van der Waals surface area (Å²) in [5.41, 5.74) is 0.770. The fourth-order valence-corrected chi connectivity index (χ4v) is 2.94. The van der Waals surface area contributed by atoms with Gasteiger partial charge in [-0.15, -0.1) is 11.3 Å². The minimum atomic E-state index is -0.554. The number of H-pyrrole nitrogens is 1. The van der Waals surface area contributed by atoms with Gasteiger partial charge < -0.3 is 4.74 Å². The lowest BCUT2D eigenvalue weighted by molar-refractivity contribution is 0.0462. The normalized spacial score (nSPS) is 10.8. The molecule has 0 fully saturated rings.